The Balaban J connectivity index is 1.54. The van der Waals surface area contributed by atoms with Crippen molar-refractivity contribution < 1.29 is 4.79 Å². The lowest BCUT2D eigenvalue weighted by Crippen LogP contribution is -2.19. The van der Waals surface area contributed by atoms with Crippen LogP contribution in [0.3, 0.4) is 0 Å². The summed E-state index contributed by atoms with van der Waals surface area (Å²) < 4.78 is 3.74. The van der Waals surface area contributed by atoms with Gasteiger partial charge in [0.15, 0.2) is 5.78 Å². The monoisotopic (exact) mass is 531 g/mol. The van der Waals surface area contributed by atoms with Crippen LogP contribution in [0.4, 0.5) is 0 Å². The summed E-state index contributed by atoms with van der Waals surface area (Å²) >= 11 is 11.7. The molecule has 1 saturated carbocycles. The topological polar surface area (TPSA) is 20.3 Å². The SMILES string of the molecule is O=C(CC1CCCCC1)C1=IN(CCCCCCl)C2=C1Cc1cc(Cl)ccc12. The Labute approximate surface area is 188 Å². The normalized spacial score (nSPS) is 19.4. The zero-order valence-corrected chi connectivity index (χ0v) is 20.0. The minimum Gasteiger partial charge on any atom is -0.319 e. The fourth-order valence-electron chi connectivity index (χ4n) is 4.66. The van der Waals surface area contributed by atoms with Gasteiger partial charge in [-0.05, 0) is 42.0 Å². The molecule has 0 atom stereocenters. The van der Waals surface area contributed by atoms with E-state index in [-0.39, 0.29) is 0 Å². The summed E-state index contributed by atoms with van der Waals surface area (Å²) in [5.74, 6) is 1.79. The number of carbonyl (C=O) groups excluding carboxylic acids is 1. The maximum absolute atomic E-state index is 13.3. The molecule has 0 bridgehead atoms. The molecule has 5 heteroatoms. The van der Waals surface area contributed by atoms with E-state index in [0.717, 1.165) is 49.6 Å². The van der Waals surface area contributed by atoms with Gasteiger partial charge in [-0.25, -0.2) is 0 Å². The number of rotatable bonds is 8. The third kappa shape index (κ3) is 4.52. The van der Waals surface area contributed by atoms with E-state index in [2.05, 4.69) is 15.2 Å². The van der Waals surface area contributed by atoms with Crippen molar-refractivity contribution in [3.8, 4) is 0 Å². The van der Waals surface area contributed by atoms with Gasteiger partial charge in [0.25, 0.3) is 0 Å². The van der Waals surface area contributed by atoms with E-state index in [4.69, 9.17) is 23.2 Å². The van der Waals surface area contributed by atoms with Crippen LogP contribution in [0, 0.1) is 5.92 Å². The van der Waals surface area contributed by atoms with Crippen molar-refractivity contribution in [1.82, 2.24) is 3.11 Å². The molecular weight excluding hydrogens is 504 g/mol. The molecule has 0 aromatic heterocycles. The molecule has 0 unspecified atom stereocenters. The number of hydrogen-bond donors (Lipinski definition) is 0. The lowest BCUT2D eigenvalue weighted by Gasteiger charge is -2.21. The largest absolute Gasteiger partial charge is 0.319 e. The number of carbonyl (C=O) groups is 1. The second kappa shape index (κ2) is 9.61. The number of allylic oxidation sites excluding steroid dienone is 1. The summed E-state index contributed by atoms with van der Waals surface area (Å²) in [5.41, 5.74) is 5.26. The summed E-state index contributed by atoms with van der Waals surface area (Å²) in [7, 11) is 0. The zero-order chi connectivity index (χ0) is 19.5. The number of hydrogen-bond acceptors (Lipinski definition) is 2. The quantitative estimate of drug-likeness (QED) is 0.157. The maximum Gasteiger partial charge on any atom is 0.170 e. The van der Waals surface area contributed by atoms with Crippen molar-refractivity contribution in [2.24, 2.45) is 5.92 Å². The lowest BCUT2D eigenvalue weighted by molar-refractivity contribution is -0.113. The van der Waals surface area contributed by atoms with Gasteiger partial charge in [-0.1, -0.05) is 56.2 Å². The van der Waals surface area contributed by atoms with Gasteiger partial charge >= 0.3 is 0 Å². The number of unbranched alkanes of at least 4 members (excludes halogenated alkanes) is 2. The van der Waals surface area contributed by atoms with Crippen LogP contribution in [-0.2, 0) is 11.2 Å². The lowest BCUT2D eigenvalue weighted by atomic mass is 9.85. The number of nitrogens with zero attached hydrogens (tertiary/aromatic N) is 1. The van der Waals surface area contributed by atoms with Gasteiger partial charge in [0.05, 0.1) is 9.21 Å². The first-order chi connectivity index (χ1) is 13.7. The molecule has 1 aromatic rings. The predicted molar refractivity (Wildman–Crippen MR) is 129 cm³/mol. The first-order valence-corrected chi connectivity index (χ1v) is 13.5. The van der Waals surface area contributed by atoms with Crippen LogP contribution in [0.25, 0.3) is 5.70 Å². The molecule has 2 nitrogen and oxygen atoms in total. The number of alkyl halides is 1. The molecule has 4 rings (SSSR count). The second-order valence-electron chi connectivity index (χ2n) is 8.17. The molecule has 1 fully saturated rings. The molecule has 152 valence electrons. The van der Waals surface area contributed by atoms with Crippen molar-refractivity contribution in [1.29, 1.82) is 0 Å². The summed E-state index contributed by atoms with van der Waals surface area (Å²) in [6.45, 7) is 1.05. The van der Waals surface area contributed by atoms with E-state index in [1.54, 1.807) is 0 Å². The fourth-order valence-corrected chi connectivity index (χ4v) is 8.23. The Morgan fingerprint density at radius 2 is 1.96 bits per heavy atom. The highest BCUT2D eigenvalue weighted by Gasteiger charge is 2.36. The summed E-state index contributed by atoms with van der Waals surface area (Å²) in [4.78, 5) is 13.3. The predicted octanol–water partition coefficient (Wildman–Crippen LogP) is 6.93. The number of benzene rings is 1. The van der Waals surface area contributed by atoms with Crippen molar-refractivity contribution in [3.05, 3.63) is 39.9 Å². The summed E-state index contributed by atoms with van der Waals surface area (Å²) in [5, 5.41) is 0.790. The van der Waals surface area contributed by atoms with E-state index in [1.807, 2.05) is 6.07 Å². The highest BCUT2D eigenvalue weighted by Crippen LogP contribution is 2.46. The van der Waals surface area contributed by atoms with E-state index >= 15 is 0 Å². The van der Waals surface area contributed by atoms with Crippen LogP contribution in [0.1, 0.15) is 68.9 Å². The van der Waals surface area contributed by atoms with Crippen molar-refractivity contribution in [2.75, 3.05) is 12.4 Å². The third-order valence-corrected chi connectivity index (χ3v) is 9.89. The standard InChI is InChI=1S/C23H28Cl2INO/c24-11-5-2-6-12-27-23-19-10-9-18(25)14-17(19)15-20(23)22(26-27)21(28)13-16-7-3-1-4-8-16/h9-10,14,16H,1-8,11-13,15H2. The third-order valence-electron chi connectivity index (χ3n) is 6.10. The number of Topliss-reactive ketones (excluding diaryl/α,β-unsaturated/α-hetero) is 1. The fraction of sp³-hybridized carbons (Fsp3) is 0.565. The van der Waals surface area contributed by atoms with Crippen molar-refractivity contribution in [2.45, 2.75) is 64.2 Å². The molecule has 0 amide bonds. The summed E-state index contributed by atoms with van der Waals surface area (Å²) in [6, 6.07) is 6.23. The molecule has 28 heavy (non-hydrogen) atoms. The van der Waals surface area contributed by atoms with Gasteiger partial charge in [0, 0.05) is 56.9 Å². The molecule has 1 aromatic carbocycles. The van der Waals surface area contributed by atoms with Crippen molar-refractivity contribution >= 4 is 59.2 Å². The molecule has 0 radical (unpaired) electrons. The average molecular weight is 532 g/mol. The Hall–Kier alpha value is -0.390. The van der Waals surface area contributed by atoms with Crippen LogP contribution in [0.2, 0.25) is 5.02 Å². The highest BCUT2D eigenvalue weighted by atomic mass is 127. The van der Waals surface area contributed by atoms with E-state index in [1.165, 1.54) is 58.0 Å². The van der Waals surface area contributed by atoms with Gasteiger partial charge in [-0.3, -0.25) is 4.79 Å². The minimum atomic E-state index is -0.390. The summed E-state index contributed by atoms with van der Waals surface area (Å²) in [6.07, 6.45) is 11.4. The smallest absolute Gasteiger partial charge is 0.170 e. The molecular formula is C23H28Cl2INO. The highest BCUT2D eigenvalue weighted by molar-refractivity contribution is 14.2. The van der Waals surface area contributed by atoms with Crippen LogP contribution in [0.5, 0.6) is 0 Å². The molecule has 1 heterocycles. The second-order valence-corrected chi connectivity index (χ2v) is 11.7. The van der Waals surface area contributed by atoms with E-state index in [9.17, 15) is 4.79 Å². The molecule has 2 aliphatic carbocycles. The number of ketones is 1. The number of halogens is 3. The Morgan fingerprint density at radius 3 is 2.75 bits per heavy atom. The number of fused-ring (bicyclic) bond motifs is 2. The Bertz CT molecular complexity index is 811. The van der Waals surface area contributed by atoms with Crippen LogP contribution in [0.15, 0.2) is 23.8 Å². The maximum atomic E-state index is 13.3. The molecule has 0 saturated heterocycles. The van der Waals surface area contributed by atoms with Crippen LogP contribution in [-0.4, -0.2) is 24.8 Å². The first kappa shape index (κ1) is 20.9. The average Bonchev–Trinajstić information content (AvgIpc) is 3.23. The Kier molecular flexibility index (Phi) is 7.16. The van der Waals surface area contributed by atoms with Gasteiger partial charge in [-0.15, -0.1) is 11.6 Å². The molecule has 3 aliphatic rings. The molecule has 0 spiro atoms. The van der Waals surface area contributed by atoms with Crippen molar-refractivity contribution in [3.63, 3.8) is 0 Å². The van der Waals surface area contributed by atoms with Crippen LogP contribution >= 0.6 is 44.2 Å². The van der Waals surface area contributed by atoms with Crippen LogP contribution < -0.4 is 0 Å². The Morgan fingerprint density at radius 1 is 1.14 bits per heavy atom. The van der Waals surface area contributed by atoms with E-state index in [0.29, 0.717) is 11.7 Å². The van der Waals surface area contributed by atoms with Gasteiger partial charge in [0.2, 0.25) is 0 Å². The molecule has 1 aliphatic heterocycles. The van der Waals surface area contributed by atoms with Gasteiger partial charge in [0.1, 0.15) is 0 Å². The first-order valence-electron chi connectivity index (χ1n) is 10.6. The van der Waals surface area contributed by atoms with Gasteiger partial charge < -0.3 is 3.11 Å². The minimum absolute atomic E-state index is 0.390. The zero-order valence-electron chi connectivity index (χ0n) is 16.3. The van der Waals surface area contributed by atoms with E-state index < -0.39 is 21.0 Å². The molecule has 0 N–H and O–H groups in total. The van der Waals surface area contributed by atoms with Gasteiger partial charge in [-0.2, -0.15) is 0 Å².